The molecule has 4 aromatic rings. The van der Waals surface area contributed by atoms with Gasteiger partial charge in [-0.1, -0.05) is 0 Å². The molecule has 1 saturated carbocycles. The van der Waals surface area contributed by atoms with Crippen LogP contribution in [0.4, 0.5) is 14.5 Å². The number of hydrogen-bond donors (Lipinski definition) is 0. The van der Waals surface area contributed by atoms with Crippen LogP contribution in [0.5, 0.6) is 0 Å². The molecule has 192 valence electrons. The molecule has 0 spiro atoms. The molecule has 2 fully saturated rings. The number of fused-ring (bicyclic) bond motifs is 1. The van der Waals surface area contributed by atoms with Gasteiger partial charge in [0.15, 0.2) is 0 Å². The van der Waals surface area contributed by atoms with Crippen LogP contribution in [0.1, 0.15) is 37.5 Å². The summed E-state index contributed by atoms with van der Waals surface area (Å²) in [5.41, 5.74) is 1.11. The average Bonchev–Trinajstić information content (AvgIpc) is 3.61. The minimum Gasteiger partial charge on any atom is -0.367 e. The van der Waals surface area contributed by atoms with Gasteiger partial charge in [-0.05, 0) is 44.0 Å². The summed E-state index contributed by atoms with van der Waals surface area (Å²) in [7, 11) is 3.00. The standard InChI is InChI=1S/C27H27F2N5O3/c1-15-12-33(14-24(37-15)16-11-30-34(13-16)18-5-6-18)19-9-21(20-7-4-17(28)8-23(20)29)25-22(10-19)26(35)31(2)32(3)27(25)36/h4,7-11,13,15,18,24H,5-6,12,14H2,1-3H3/t15-,24-/m0/s1. The van der Waals surface area contributed by atoms with Crippen LogP contribution in [0.2, 0.25) is 0 Å². The van der Waals surface area contributed by atoms with Gasteiger partial charge in [-0.25, -0.2) is 8.78 Å². The quantitative estimate of drug-likeness (QED) is 0.421. The third kappa shape index (κ3) is 4.05. The molecule has 10 heteroatoms. The van der Waals surface area contributed by atoms with Crippen LogP contribution in [-0.2, 0) is 18.8 Å². The Morgan fingerprint density at radius 2 is 1.73 bits per heavy atom. The molecule has 0 unspecified atom stereocenters. The molecule has 1 aliphatic carbocycles. The van der Waals surface area contributed by atoms with E-state index in [4.69, 9.17) is 4.74 Å². The van der Waals surface area contributed by atoms with Crippen LogP contribution in [0.25, 0.3) is 21.9 Å². The first kappa shape index (κ1) is 23.6. The molecule has 6 rings (SSSR count). The van der Waals surface area contributed by atoms with Crippen molar-refractivity contribution in [2.24, 2.45) is 14.1 Å². The van der Waals surface area contributed by atoms with Crippen LogP contribution in [0, 0.1) is 11.6 Å². The summed E-state index contributed by atoms with van der Waals surface area (Å²) in [5, 5.41) is 4.77. The number of anilines is 1. The number of rotatable bonds is 4. The summed E-state index contributed by atoms with van der Waals surface area (Å²) >= 11 is 0. The lowest BCUT2D eigenvalue weighted by atomic mass is 9.97. The van der Waals surface area contributed by atoms with E-state index in [1.807, 2.05) is 24.0 Å². The highest BCUT2D eigenvalue weighted by molar-refractivity contribution is 5.98. The zero-order valence-corrected chi connectivity index (χ0v) is 20.8. The molecular formula is C27H27F2N5O3. The lowest BCUT2D eigenvalue weighted by Gasteiger charge is -2.38. The number of aromatic nitrogens is 4. The van der Waals surface area contributed by atoms with Crippen molar-refractivity contribution in [1.29, 1.82) is 0 Å². The van der Waals surface area contributed by atoms with Gasteiger partial charge in [-0.15, -0.1) is 0 Å². The fraction of sp³-hybridized carbons (Fsp3) is 0.370. The summed E-state index contributed by atoms with van der Waals surface area (Å²) in [6.07, 6.45) is 5.74. The van der Waals surface area contributed by atoms with E-state index in [1.165, 1.54) is 29.5 Å². The van der Waals surface area contributed by atoms with Gasteiger partial charge in [0.2, 0.25) is 0 Å². The highest BCUT2D eigenvalue weighted by Gasteiger charge is 2.31. The van der Waals surface area contributed by atoms with Crippen LogP contribution in [0.15, 0.2) is 52.3 Å². The summed E-state index contributed by atoms with van der Waals surface area (Å²) in [5.74, 6) is -1.52. The lowest BCUT2D eigenvalue weighted by Crippen LogP contribution is -2.43. The van der Waals surface area contributed by atoms with Crippen molar-refractivity contribution in [3.05, 3.63) is 80.6 Å². The summed E-state index contributed by atoms with van der Waals surface area (Å²) in [4.78, 5) is 28.6. The van der Waals surface area contributed by atoms with Crippen molar-refractivity contribution in [3.8, 4) is 11.1 Å². The number of hydrogen-bond acceptors (Lipinski definition) is 5. The molecule has 3 heterocycles. The molecule has 2 aromatic carbocycles. The topological polar surface area (TPSA) is 74.3 Å². The largest absolute Gasteiger partial charge is 0.367 e. The molecule has 1 aliphatic heterocycles. The van der Waals surface area contributed by atoms with Gasteiger partial charge >= 0.3 is 0 Å². The first-order chi connectivity index (χ1) is 17.7. The van der Waals surface area contributed by atoms with Crippen LogP contribution < -0.4 is 16.0 Å². The molecule has 37 heavy (non-hydrogen) atoms. The van der Waals surface area contributed by atoms with Gasteiger partial charge < -0.3 is 9.64 Å². The van der Waals surface area contributed by atoms with E-state index in [9.17, 15) is 18.4 Å². The summed E-state index contributed by atoms with van der Waals surface area (Å²) in [6, 6.07) is 7.08. The Morgan fingerprint density at radius 1 is 0.973 bits per heavy atom. The fourth-order valence-corrected chi connectivity index (χ4v) is 5.14. The molecule has 0 radical (unpaired) electrons. The van der Waals surface area contributed by atoms with E-state index in [0.717, 1.165) is 30.5 Å². The second-order valence-corrected chi connectivity index (χ2v) is 10.0. The fourth-order valence-electron chi connectivity index (χ4n) is 5.14. The minimum atomic E-state index is -0.804. The first-order valence-electron chi connectivity index (χ1n) is 12.3. The third-order valence-electron chi connectivity index (χ3n) is 7.37. The van der Waals surface area contributed by atoms with Gasteiger partial charge in [0.05, 0.1) is 29.1 Å². The average molecular weight is 508 g/mol. The van der Waals surface area contributed by atoms with Crippen LogP contribution >= 0.6 is 0 Å². The molecule has 1 saturated heterocycles. The van der Waals surface area contributed by atoms with Crippen molar-refractivity contribution >= 4 is 16.5 Å². The number of halogens is 2. The second kappa shape index (κ2) is 8.65. The molecular weight excluding hydrogens is 480 g/mol. The van der Waals surface area contributed by atoms with Gasteiger partial charge in [-0.3, -0.25) is 23.6 Å². The number of nitrogens with zero attached hydrogens (tertiary/aromatic N) is 5. The smallest absolute Gasteiger partial charge is 0.273 e. The highest BCUT2D eigenvalue weighted by Crippen LogP contribution is 2.37. The Hall–Kier alpha value is -3.79. The molecule has 0 N–H and O–H groups in total. The van der Waals surface area contributed by atoms with Crippen LogP contribution in [-0.4, -0.2) is 38.3 Å². The monoisotopic (exact) mass is 507 g/mol. The van der Waals surface area contributed by atoms with Crippen molar-refractivity contribution in [3.63, 3.8) is 0 Å². The van der Waals surface area contributed by atoms with E-state index in [2.05, 4.69) is 10.00 Å². The normalized spacial score (nSPS) is 20.1. The molecule has 0 amide bonds. The Morgan fingerprint density at radius 3 is 2.46 bits per heavy atom. The van der Waals surface area contributed by atoms with Crippen LogP contribution in [0.3, 0.4) is 0 Å². The Labute approximate surface area is 211 Å². The molecule has 2 atom stereocenters. The Kier molecular flexibility index (Phi) is 5.52. The highest BCUT2D eigenvalue weighted by atomic mass is 19.1. The Balaban J connectivity index is 1.50. The number of ether oxygens (including phenoxy) is 1. The zero-order valence-electron chi connectivity index (χ0n) is 20.8. The molecule has 2 aromatic heterocycles. The SMILES string of the molecule is C[C@H]1CN(c2cc(-c3ccc(F)cc3F)c3c(=O)n(C)n(C)c(=O)c3c2)C[C@@H](c2cnn(C3CC3)c2)O1. The van der Waals surface area contributed by atoms with E-state index >= 15 is 0 Å². The minimum absolute atomic E-state index is 0.0576. The lowest BCUT2D eigenvalue weighted by molar-refractivity contribution is -0.0174. The predicted octanol–water partition coefficient (Wildman–Crippen LogP) is 3.68. The number of benzene rings is 2. The maximum Gasteiger partial charge on any atom is 0.273 e. The van der Waals surface area contributed by atoms with Crippen molar-refractivity contribution in [1.82, 2.24) is 19.1 Å². The van der Waals surface area contributed by atoms with Gasteiger partial charge in [0.25, 0.3) is 11.1 Å². The second-order valence-electron chi connectivity index (χ2n) is 10.0. The number of morpholine rings is 1. The van der Waals surface area contributed by atoms with Crippen molar-refractivity contribution < 1.29 is 13.5 Å². The molecule has 0 bridgehead atoms. The van der Waals surface area contributed by atoms with Gasteiger partial charge in [-0.2, -0.15) is 5.10 Å². The van der Waals surface area contributed by atoms with E-state index in [-0.39, 0.29) is 39.7 Å². The van der Waals surface area contributed by atoms with E-state index in [0.29, 0.717) is 24.8 Å². The predicted molar refractivity (Wildman–Crippen MR) is 136 cm³/mol. The maximum atomic E-state index is 15.0. The molecule has 2 aliphatic rings. The summed E-state index contributed by atoms with van der Waals surface area (Å²) < 4.78 is 39.4. The van der Waals surface area contributed by atoms with Gasteiger partial charge in [0.1, 0.15) is 17.7 Å². The van der Waals surface area contributed by atoms with Crippen molar-refractivity contribution in [2.45, 2.75) is 38.0 Å². The zero-order chi connectivity index (χ0) is 26.0. The van der Waals surface area contributed by atoms with Crippen molar-refractivity contribution in [2.75, 3.05) is 18.0 Å². The Bertz CT molecular complexity index is 1650. The van der Waals surface area contributed by atoms with E-state index in [1.54, 1.807) is 12.1 Å². The molecule has 8 nitrogen and oxygen atoms in total. The first-order valence-corrected chi connectivity index (χ1v) is 12.3. The maximum absolute atomic E-state index is 15.0. The third-order valence-corrected chi connectivity index (χ3v) is 7.37. The van der Waals surface area contributed by atoms with Gasteiger partial charge in [0, 0.05) is 61.8 Å². The van der Waals surface area contributed by atoms with E-state index < -0.39 is 17.2 Å². The summed E-state index contributed by atoms with van der Waals surface area (Å²) in [6.45, 7) is 3.00.